The van der Waals surface area contributed by atoms with Gasteiger partial charge < -0.3 is 5.73 Å². The first-order valence-corrected chi connectivity index (χ1v) is 9.09. The first-order chi connectivity index (χ1) is 9.78. The first-order valence-electron chi connectivity index (χ1n) is 7.19. The summed E-state index contributed by atoms with van der Waals surface area (Å²) < 4.78 is 27.8. The van der Waals surface area contributed by atoms with E-state index >= 15 is 0 Å². The van der Waals surface area contributed by atoms with Crippen molar-refractivity contribution in [1.29, 1.82) is 0 Å². The summed E-state index contributed by atoms with van der Waals surface area (Å²) in [5.41, 5.74) is 6.02. The Morgan fingerprint density at radius 1 is 1.14 bits per heavy atom. The molecule has 0 aliphatic carbocycles. The van der Waals surface area contributed by atoms with E-state index in [9.17, 15) is 8.42 Å². The lowest BCUT2D eigenvalue weighted by Crippen LogP contribution is -2.46. The summed E-state index contributed by atoms with van der Waals surface area (Å²) in [5.74, 6) is 0. The predicted octanol–water partition coefficient (Wildman–Crippen LogP) is 2.76. The normalized spacial score (nSPS) is 12.3. The van der Waals surface area contributed by atoms with Crippen molar-refractivity contribution in [1.82, 2.24) is 4.72 Å². The average molecular weight is 329 g/mol. The van der Waals surface area contributed by atoms with Crippen LogP contribution in [0.1, 0.15) is 45.6 Å². The van der Waals surface area contributed by atoms with Crippen LogP contribution < -0.4 is 10.5 Å². The van der Waals surface area contributed by atoms with Gasteiger partial charge in [0.15, 0.2) is 0 Å². The molecule has 21 heavy (non-hydrogen) atoms. The highest BCUT2D eigenvalue weighted by Crippen LogP contribution is 2.23. The van der Waals surface area contributed by atoms with Gasteiger partial charge in [0.2, 0.25) is 10.0 Å². The lowest BCUT2D eigenvalue weighted by Gasteiger charge is -2.31. The van der Waals surface area contributed by atoms with E-state index in [0.29, 0.717) is 11.4 Å². The summed E-state index contributed by atoms with van der Waals surface area (Å²) in [4.78, 5) is 0.666. The van der Waals surface area contributed by atoms with E-state index in [0.717, 1.165) is 24.8 Å². The Kier molecular flexibility index (Phi) is 6.31. The zero-order chi connectivity index (χ0) is 16.1. The highest BCUT2D eigenvalue weighted by molar-refractivity contribution is 7.89. The quantitative estimate of drug-likeness (QED) is 0.720. The minimum absolute atomic E-state index is 0.272. The zero-order valence-corrected chi connectivity index (χ0v) is 14.5. The lowest BCUT2D eigenvalue weighted by molar-refractivity contribution is 0.341. The number of nitrogens with one attached hydrogen (secondary N) is 1. The Labute approximate surface area is 133 Å². The van der Waals surface area contributed by atoms with Gasteiger partial charge in [0.05, 0.1) is 9.88 Å². The van der Waals surface area contributed by atoms with E-state index in [4.69, 9.17) is 18.0 Å². The van der Waals surface area contributed by atoms with Crippen LogP contribution in [0.5, 0.6) is 0 Å². The molecule has 3 N–H and O–H groups in total. The van der Waals surface area contributed by atoms with Crippen LogP contribution in [0.3, 0.4) is 0 Å². The molecule has 1 aromatic rings. The molecule has 1 aromatic carbocycles. The first kappa shape index (κ1) is 18.1. The molecule has 0 radical (unpaired) electrons. The molecule has 0 aromatic heterocycles. The maximum atomic E-state index is 12.5. The van der Waals surface area contributed by atoms with Gasteiger partial charge in [-0.05, 0) is 37.0 Å². The minimum Gasteiger partial charge on any atom is -0.393 e. The van der Waals surface area contributed by atoms with E-state index in [2.05, 4.69) is 4.72 Å². The fourth-order valence-corrected chi connectivity index (χ4v) is 4.08. The van der Waals surface area contributed by atoms with Crippen LogP contribution >= 0.6 is 12.2 Å². The topological polar surface area (TPSA) is 72.2 Å². The van der Waals surface area contributed by atoms with Gasteiger partial charge in [-0.2, -0.15) is 0 Å². The third-order valence-electron chi connectivity index (χ3n) is 3.99. The molecule has 0 saturated heterocycles. The summed E-state index contributed by atoms with van der Waals surface area (Å²) in [7, 11) is -3.51. The van der Waals surface area contributed by atoms with Gasteiger partial charge in [0.25, 0.3) is 0 Å². The van der Waals surface area contributed by atoms with Crippen LogP contribution in [0.25, 0.3) is 0 Å². The molecule has 0 bridgehead atoms. The van der Waals surface area contributed by atoms with Crippen molar-refractivity contribution in [2.45, 2.75) is 56.9 Å². The largest absolute Gasteiger partial charge is 0.393 e. The lowest BCUT2D eigenvalue weighted by atomic mass is 9.91. The molecule has 0 atom stereocenters. The standard InChI is InChI=1S/C15H24N2O2S2/c1-4-15(5-2,6-3)17-21(18,19)13-9-7-12(8-10-13)11-14(16)20/h7-10,17H,4-6,11H2,1-3H3,(H2,16,20). The SMILES string of the molecule is CCC(CC)(CC)NS(=O)(=O)c1ccc(CC(N)=S)cc1. The molecule has 0 spiro atoms. The molecule has 1 rings (SSSR count). The highest BCUT2D eigenvalue weighted by atomic mass is 32.2. The number of thiocarbonyl (C=S) groups is 1. The van der Waals surface area contributed by atoms with Crippen LogP contribution in [0.4, 0.5) is 0 Å². The predicted molar refractivity (Wildman–Crippen MR) is 90.9 cm³/mol. The highest BCUT2D eigenvalue weighted by Gasteiger charge is 2.30. The monoisotopic (exact) mass is 328 g/mol. The van der Waals surface area contributed by atoms with Gasteiger partial charge >= 0.3 is 0 Å². The Balaban J connectivity index is 3.00. The molecule has 118 valence electrons. The Morgan fingerprint density at radius 2 is 1.62 bits per heavy atom. The summed E-state index contributed by atoms with van der Waals surface area (Å²) in [6.45, 7) is 6.00. The van der Waals surface area contributed by atoms with Gasteiger partial charge in [-0.1, -0.05) is 45.1 Å². The molecule has 0 aliphatic rings. The van der Waals surface area contributed by atoms with Crippen molar-refractivity contribution >= 4 is 27.2 Å². The van der Waals surface area contributed by atoms with Crippen LogP contribution in [0.15, 0.2) is 29.2 Å². The fourth-order valence-electron chi connectivity index (χ4n) is 2.30. The van der Waals surface area contributed by atoms with E-state index in [1.165, 1.54) is 0 Å². The van der Waals surface area contributed by atoms with Crippen molar-refractivity contribution < 1.29 is 8.42 Å². The number of sulfonamides is 1. The second-order valence-electron chi connectivity index (χ2n) is 5.23. The van der Waals surface area contributed by atoms with Gasteiger partial charge in [-0.25, -0.2) is 13.1 Å². The summed E-state index contributed by atoms with van der Waals surface area (Å²) >= 11 is 4.85. The third-order valence-corrected chi connectivity index (χ3v) is 5.73. The van der Waals surface area contributed by atoms with Crippen LogP contribution in [-0.4, -0.2) is 18.9 Å². The Bertz CT molecular complexity index is 568. The van der Waals surface area contributed by atoms with Gasteiger partial charge in [0, 0.05) is 12.0 Å². The molecular formula is C15H24N2O2S2. The summed E-state index contributed by atoms with van der Waals surface area (Å²) in [6.07, 6.45) is 2.77. The zero-order valence-electron chi connectivity index (χ0n) is 12.8. The van der Waals surface area contributed by atoms with Crippen LogP contribution in [0.2, 0.25) is 0 Å². The van der Waals surface area contributed by atoms with Crippen molar-refractivity contribution in [2.75, 3.05) is 0 Å². The number of hydrogen-bond acceptors (Lipinski definition) is 3. The smallest absolute Gasteiger partial charge is 0.241 e. The molecule has 4 nitrogen and oxygen atoms in total. The number of benzene rings is 1. The van der Waals surface area contributed by atoms with E-state index in [1.54, 1.807) is 24.3 Å². The second kappa shape index (κ2) is 7.33. The number of rotatable bonds is 8. The van der Waals surface area contributed by atoms with Gasteiger partial charge in [0.1, 0.15) is 0 Å². The average Bonchev–Trinajstić information content (AvgIpc) is 2.45. The molecule has 0 amide bonds. The van der Waals surface area contributed by atoms with E-state index < -0.39 is 10.0 Å². The molecule has 0 fully saturated rings. The maximum absolute atomic E-state index is 12.5. The van der Waals surface area contributed by atoms with Crippen molar-refractivity contribution in [2.24, 2.45) is 5.73 Å². The third kappa shape index (κ3) is 4.76. The fraction of sp³-hybridized carbons (Fsp3) is 0.533. The Morgan fingerprint density at radius 3 is 2.00 bits per heavy atom. The second-order valence-corrected chi connectivity index (χ2v) is 7.44. The van der Waals surface area contributed by atoms with Crippen LogP contribution in [-0.2, 0) is 16.4 Å². The van der Waals surface area contributed by atoms with Crippen molar-refractivity contribution in [3.05, 3.63) is 29.8 Å². The van der Waals surface area contributed by atoms with E-state index in [-0.39, 0.29) is 10.4 Å². The van der Waals surface area contributed by atoms with Crippen molar-refractivity contribution in [3.8, 4) is 0 Å². The van der Waals surface area contributed by atoms with Crippen LogP contribution in [0, 0.1) is 0 Å². The van der Waals surface area contributed by atoms with E-state index in [1.807, 2.05) is 20.8 Å². The number of hydrogen-bond donors (Lipinski definition) is 2. The molecule has 0 unspecified atom stereocenters. The summed E-state index contributed by atoms with van der Waals surface area (Å²) in [5, 5.41) is 0. The maximum Gasteiger partial charge on any atom is 0.241 e. The number of nitrogens with two attached hydrogens (primary N) is 1. The molecule has 6 heteroatoms. The van der Waals surface area contributed by atoms with Gasteiger partial charge in [-0.15, -0.1) is 0 Å². The van der Waals surface area contributed by atoms with Crippen molar-refractivity contribution in [3.63, 3.8) is 0 Å². The minimum atomic E-state index is -3.51. The Hall–Kier alpha value is -0.980. The molecule has 0 aliphatic heterocycles. The summed E-state index contributed by atoms with van der Waals surface area (Å²) in [6, 6.07) is 6.70. The molecule has 0 heterocycles. The molecular weight excluding hydrogens is 304 g/mol. The molecule has 0 saturated carbocycles. The van der Waals surface area contributed by atoms with Gasteiger partial charge in [-0.3, -0.25) is 0 Å².